The van der Waals surface area contributed by atoms with E-state index in [9.17, 15) is 9.90 Å². The minimum absolute atomic E-state index is 0.0286. The first-order chi connectivity index (χ1) is 17.9. The van der Waals surface area contributed by atoms with Crippen LogP contribution in [-0.2, 0) is 23.8 Å². The van der Waals surface area contributed by atoms with Crippen LogP contribution in [-0.4, -0.2) is 58.7 Å². The van der Waals surface area contributed by atoms with Crippen LogP contribution in [0.5, 0.6) is 5.75 Å². The van der Waals surface area contributed by atoms with Gasteiger partial charge in [0.1, 0.15) is 5.75 Å². The standard InChI is InChI=1S/C30H36ClN3O3/c1-32-25-16-22(37-2)9-10-23(25)28-29(32)26(18-35)34(17-21-5-3-4-6-24(21)31)19-30(28)11-13-33(14-12-30)27(36)15-20-7-8-20/h3-6,9-10,16,20,26,35H,7-8,11-15,17-19H2,1-2H3/t26-/m0/s1. The Hall–Kier alpha value is -2.54. The lowest BCUT2D eigenvalue weighted by molar-refractivity contribution is -0.133. The van der Waals surface area contributed by atoms with E-state index in [2.05, 4.69) is 39.6 Å². The molecule has 196 valence electrons. The quantitative estimate of drug-likeness (QED) is 0.493. The Morgan fingerprint density at radius 3 is 2.59 bits per heavy atom. The van der Waals surface area contributed by atoms with Gasteiger partial charge in [-0.15, -0.1) is 0 Å². The Morgan fingerprint density at radius 2 is 1.92 bits per heavy atom. The Kier molecular flexibility index (Phi) is 6.46. The van der Waals surface area contributed by atoms with Crippen molar-refractivity contribution in [1.82, 2.24) is 14.4 Å². The first-order valence-electron chi connectivity index (χ1n) is 13.5. The molecule has 1 spiro atoms. The SMILES string of the molecule is COc1ccc2c3c(n(C)c2c1)[C@H](CO)N(Cc1ccccc1Cl)CC31CCN(C(=O)CC2CC2)CC1. The highest BCUT2D eigenvalue weighted by Crippen LogP contribution is 2.50. The van der Waals surface area contributed by atoms with E-state index in [-0.39, 0.29) is 18.1 Å². The molecule has 6 rings (SSSR count). The smallest absolute Gasteiger partial charge is 0.222 e. The zero-order chi connectivity index (χ0) is 25.7. The minimum atomic E-state index is -0.144. The normalized spacial score (nSPS) is 21.4. The Morgan fingerprint density at radius 1 is 1.16 bits per heavy atom. The van der Waals surface area contributed by atoms with Gasteiger partial charge in [0.15, 0.2) is 0 Å². The maximum Gasteiger partial charge on any atom is 0.222 e. The summed E-state index contributed by atoms with van der Waals surface area (Å²) in [5, 5.41) is 12.7. The zero-order valence-electron chi connectivity index (χ0n) is 21.8. The predicted octanol–water partition coefficient (Wildman–Crippen LogP) is 5.05. The zero-order valence-corrected chi connectivity index (χ0v) is 22.5. The van der Waals surface area contributed by atoms with Gasteiger partial charge in [-0.1, -0.05) is 29.8 Å². The number of aryl methyl sites for hydroxylation is 1. The molecule has 37 heavy (non-hydrogen) atoms. The number of aliphatic hydroxyl groups excluding tert-OH is 1. The number of nitrogens with zero attached hydrogens (tertiary/aromatic N) is 3. The molecule has 2 aromatic carbocycles. The van der Waals surface area contributed by atoms with Crippen LogP contribution in [0.25, 0.3) is 10.9 Å². The summed E-state index contributed by atoms with van der Waals surface area (Å²) in [6.45, 7) is 3.08. The molecule has 3 heterocycles. The summed E-state index contributed by atoms with van der Waals surface area (Å²) in [4.78, 5) is 17.4. The van der Waals surface area contributed by atoms with E-state index < -0.39 is 0 Å². The van der Waals surface area contributed by atoms with Crippen molar-refractivity contribution in [1.29, 1.82) is 0 Å². The second-order valence-corrected chi connectivity index (χ2v) is 11.6. The van der Waals surface area contributed by atoms with E-state index >= 15 is 0 Å². The van der Waals surface area contributed by atoms with Crippen LogP contribution in [0.1, 0.15) is 55.0 Å². The number of likely N-dealkylation sites (tertiary alicyclic amines) is 1. The molecule has 0 radical (unpaired) electrons. The molecule has 1 aromatic heterocycles. The number of piperidine rings is 1. The van der Waals surface area contributed by atoms with Gasteiger partial charge in [-0.3, -0.25) is 9.69 Å². The molecule has 1 saturated carbocycles. The molecule has 0 bridgehead atoms. The fraction of sp³-hybridized carbons (Fsp3) is 0.500. The second kappa shape index (κ2) is 9.64. The third-order valence-electron chi connectivity index (χ3n) is 8.98. The third kappa shape index (κ3) is 4.33. The highest BCUT2D eigenvalue weighted by molar-refractivity contribution is 6.31. The van der Waals surface area contributed by atoms with Crippen LogP contribution >= 0.6 is 11.6 Å². The van der Waals surface area contributed by atoms with Crippen molar-refractivity contribution in [3.8, 4) is 5.75 Å². The topological polar surface area (TPSA) is 57.9 Å². The molecule has 2 aliphatic heterocycles. The molecular weight excluding hydrogens is 486 g/mol. The lowest BCUT2D eigenvalue weighted by atomic mass is 9.68. The van der Waals surface area contributed by atoms with Crippen LogP contribution in [0.2, 0.25) is 5.02 Å². The molecule has 1 saturated heterocycles. The van der Waals surface area contributed by atoms with Crippen molar-refractivity contribution >= 4 is 28.4 Å². The van der Waals surface area contributed by atoms with Crippen molar-refractivity contribution in [2.75, 3.05) is 33.4 Å². The van der Waals surface area contributed by atoms with E-state index in [1.54, 1.807) is 7.11 Å². The average Bonchev–Trinajstić information content (AvgIpc) is 3.68. The molecule has 0 unspecified atom stereocenters. The molecule has 3 aromatic rings. The molecule has 1 N–H and O–H groups in total. The summed E-state index contributed by atoms with van der Waals surface area (Å²) in [5.74, 6) is 1.75. The lowest BCUT2D eigenvalue weighted by Crippen LogP contribution is -2.54. The van der Waals surface area contributed by atoms with Crippen LogP contribution in [0, 0.1) is 5.92 Å². The number of hydrogen-bond acceptors (Lipinski definition) is 4. The van der Waals surface area contributed by atoms with Gasteiger partial charge in [-0.2, -0.15) is 0 Å². The van der Waals surface area contributed by atoms with Gasteiger partial charge in [0.2, 0.25) is 5.91 Å². The summed E-state index contributed by atoms with van der Waals surface area (Å²) in [6, 6.07) is 14.2. The monoisotopic (exact) mass is 521 g/mol. The molecule has 1 aliphatic carbocycles. The van der Waals surface area contributed by atoms with E-state index in [1.165, 1.54) is 29.5 Å². The average molecular weight is 522 g/mol. The van der Waals surface area contributed by atoms with E-state index in [0.29, 0.717) is 24.8 Å². The largest absolute Gasteiger partial charge is 0.497 e. The highest BCUT2D eigenvalue weighted by atomic mass is 35.5. The van der Waals surface area contributed by atoms with Gasteiger partial charge < -0.3 is 19.3 Å². The first-order valence-corrected chi connectivity index (χ1v) is 13.8. The summed E-state index contributed by atoms with van der Waals surface area (Å²) in [6.07, 6.45) is 4.94. The molecular formula is C30H36ClN3O3. The highest BCUT2D eigenvalue weighted by Gasteiger charge is 2.48. The van der Waals surface area contributed by atoms with Crippen molar-refractivity contribution in [3.63, 3.8) is 0 Å². The summed E-state index contributed by atoms with van der Waals surface area (Å²) >= 11 is 6.59. The minimum Gasteiger partial charge on any atom is -0.497 e. The lowest BCUT2D eigenvalue weighted by Gasteiger charge is -2.50. The molecule has 2 fully saturated rings. The first kappa shape index (κ1) is 24.8. The van der Waals surface area contributed by atoms with Gasteiger partial charge >= 0.3 is 0 Å². The number of benzene rings is 2. The van der Waals surface area contributed by atoms with Crippen molar-refractivity contribution in [2.24, 2.45) is 13.0 Å². The van der Waals surface area contributed by atoms with Gasteiger partial charge in [-0.25, -0.2) is 0 Å². The van der Waals surface area contributed by atoms with E-state index in [4.69, 9.17) is 16.3 Å². The van der Waals surface area contributed by atoms with E-state index in [0.717, 1.165) is 54.3 Å². The summed E-state index contributed by atoms with van der Waals surface area (Å²) in [7, 11) is 3.80. The van der Waals surface area contributed by atoms with Crippen LogP contribution < -0.4 is 4.74 Å². The molecule has 7 heteroatoms. The van der Waals surface area contributed by atoms with Crippen LogP contribution in [0.3, 0.4) is 0 Å². The number of aromatic nitrogens is 1. The number of rotatable bonds is 6. The molecule has 6 nitrogen and oxygen atoms in total. The summed E-state index contributed by atoms with van der Waals surface area (Å²) < 4.78 is 7.81. The second-order valence-electron chi connectivity index (χ2n) is 11.2. The van der Waals surface area contributed by atoms with E-state index in [1.807, 2.05) is 24.3 Å². The number of carbonyl (C=O) groups excluding carboxylic acids is 1. The maximum atomic E-state index is 12.9. The van der Waals surface area contributed by atoms with Gasteiger partial charge in [0.05, 0.1) is 25.3 Å². The number of halogens is 1. The van der Waals surface area contributed by atoms with Crippen LogP contribution in [0.15, 0.2) is 42.5 Å². The fourth-order valence-electron chi connectivity index (χ4n) is 6.76. The number of ether oxygens (including phenoxy) is 1. The fourth-order valence-corrected chi connectivity index (χ4v) is 6.96. The van der Waals surface area contributed by atoms with Gasteiger partial charge in [-0.05, 0) is 60.9 Å². The van der Waals surface area contributed by atoms with Crippen molar-refractivity contribution < 1.29 is 14.6 Å². The van der Waals surface area contributed by atoms with Gasteiger partial charge in [0, 0.05) is 67.2 Å². The van der Waals surface area contributed by atoms with Crippen LogP contribution in [0.4, 0.5) is 0 Å². The van der Waals surface area contributed by atoms with Gasteiger partial charge in [0.25, 0.3) is 0 Å². The van der Waals surface area contributed by atoms with Crippen molar-refractivity contribution in [3.05, 3.63) is 64.3 Å². The Bertz CT molecular complexity index is 1320. The number of carbonyl (C=O) groups is 1. The number of aliphatic hydroxyl groups is 1. The summed E-state index contributed by atoms with van der Waals surface area (Å²) in [5.41, 5.74) is 4.60. The third-order valence-corrected chi connectivity index (χ3v) is 9.35. The number of methoxy groups -OCH3 is 1. The number of hydrogen-bond donors (Lipinski definition) is 1. The van der Waals surface area contributed by atoms with Crippen molar-refractivity contribution in [2.45, 2.75) is 50.1 Å². The Labute approximate surface area is 223 Å². The Balaban J connectivity index is 1.42. The number of amides is 1. The molecule has 1 atom stereocenters. The maximum absolute atomic E-state index is 12.9. The number of fused-ring (bicyclic) bond motifs is 4. The predicted molar refractivity (Wildman–Crippen MR) is 146 cm³/mol. The molecule has 3 aliphatic rings. The molecule has 1 amide bonds.